The number of carbonyl (C=O) groups is 1. The molecule has 0 aliphatic heterocycles. The van der Waals surface area contributed by atoms with E-state index in [0.717, 1.165) is 0 Å². The zero-order valence-electron chi connectivity index (χ0n) is 11.2. The van der Waals surface area contributed by atoms with E-state index in [0.29, 0.717) is 22.2 Å². The van der Waals surface area contributed by atoms with E-state index in [9.17, 15) is 13.6 Å². The molecule has 0 spiro atoms. The number of nitrogen functional groups attached to an aromatic ring is 1. The lowest BCUT2D eigenvalue weighted by Gasteiger charge is -2.06. The van der Waals surface area contributed by atoms with Crippen molar-refractivity contribution in [2.24, 2.45) is 0 Å². The smallest absolute Gasteiger partial charge is 0.198 e. The Balaban J connectivity index is 2.19. The number of anilines is 1. The molecular weight excluding hydrogens is 274 g/mol. The number of ketones is 1. The molecule has 0 fully saturated rings. The fourth-order valence-corrected chi connectivity index (χ4v) is 2.39. The third kappa shape index (κ3) is 2.16. The van der Waals surface area contributed by atoms with Gasteiger partial charge in [0.1, 0.15) is 11.6 Å². The van der Waals surface area contributed by atoms with Gasteiger partial charge in [-0.3, -0.25) is 4.79 Å². The molecule has 3 N–H and O–H groups in total. The maximum absolute atomic E-state index is 14.1. The molecule has 5 heteroatoms. The van der Waals surface area contributed by atoms with E-state index in [2.05, 4.69) is 4.98 Å². The topological polar surface area (TPSA) is 58.9 Å². The highest BCUT2D eigenvalue weighted by atomic mass is 19.1. The van der Waals surface area contributed by atoms with Crippen LogP contribution in [0.15, 0.2) is 36.5 Å². The van der Waals surface area contributed by atoms with Gasteiger partial charge >= 0.3 is 0 Å². The second-order valence-corrected chi connectivity index (χ2v) is 4.92. The monoisotopic (exact) mass is 286 g/mol. The lowest BCUT2D eigenvalue weighted by atomic mass is 9.99. The van der Waals surface area contributed by atoms with Gasteiger partial charge in [-0.05, 0) is 42.8 Å². The van der Waals surface area contributed by atoms with Crippen molar-refractivity contribution in [3.05, 3.63) is 64.9 Å². The number of halogens is 2. The molecule has 0 aliphatic rings. The van der Waals surface area contributed by atoms with Gasteiger partial charge in [-0.25, -0.2) is 8.78 Å². The fraction of sp³-hybridized carbons (Fsp3) is 0.0625. The van der Waals surface area contributed by atoms with E-state index in [1.807, 2.05) is 0 Å². The Bertz CT molecular complexity index is 868. The van der Waals surface area contributed by atoms with Crippen LogP contribution in [0.3, 0.4) is 0 Å². The van der Waals surface area contributed by atoms with Gasteiger partial charge in [-0.1, -0.05) is 0 Å². The second-order valence-electron chi connectivity index (χ2n) is 4.92. The summed E-state index contributed by atoms with van der Waals surface area (Å²) in [6.07, 6.45) is 1.45. The zero-order valence-corrected chi connectivity index (χ0v) is 11.2. The summed E-state index contributed by atoms with van der Waals surface area (Å²) in [5.41, 5.74) is 6.99. The molecule has 1 heterocycles. The normalized spacial score (nSPS) is 11.0. The van der Waals surface area contributed by atoms with Crippen molar-refractivity contribution in [1.29, 1.82) is 0 Å². The fourth-order valence-electron chi connectivity index (χ4n) is 2.39. The van der Waals surface area contributed by atoms with Crippen molar-refractivity contribution in [1.82, 2.24) is 4.98 Å². The Kier molecular flexibility index (Phi) is 2.97. The molecule has 0 saturated heterocycles. The quantitative estimate of drug-likeness (QED) is 0.559. The number of carbonyl (C=O) groups excluding carboxylic acids is 1. The van der Waals surface area contributed by atoms with E-state index in [-0.39, 0.29) is 11.1 Å². The van der Waals surface area contributed by atoms with Crippen molar-refractivity contribution in [2.45, 2.75) is 6.92 Å². The van der Waals surface area contributed by atoms with Crippen LogP contribution in [0, 0.1) is 18.6 Å². The minimum Gasteiger partial charge on any atom is -0.399 e. The van der Waals surface area contributed by atoms with Gasteiger partial charge in [0.25, 0.3) is 0 Å². The predicted octanol–water partition coefficient (Wildman–Crippen LogP) is 3.57. The summed E-state index contributed by atoms with van der Waals surface area (Å²) in [6.45, 7) is 1.54. The maximum Gasteiger partial charge on any atom is 0.198 e. The summed E-state index contributed by atoms with van der Waals surface area (Å²) in [6, 6.07) is 6.82. The molecule has 0 radical (unpaired) electrons. The zero-order chi connectivity index (χ0) is 15.1. The van der Waals surface area contributed by atoms with Crippen LogP contribution in [0.5, 0.6) is 0 Å². The van der Waals surface area contributed by atoms with Crippen LogP contribution in [0.25, 0.3) is 10.9 Å². The molecule has 3 aromatic rings. The van der Waals surface area contributed by atoms with E-state index < -0.39 is 17.4 Å². The van der Waals surface area contributed by atoms with Gasteiger partial charge in [0.2, 0.25) is 0 Å². The Morgan fingerprint density at radius 2 is 1.90 bits per heavy atom. The standard InChI is InChI=1S/C16H12F2N2O/c1-8-4-10(19)6-12(15(8)18)16(21)13-7-20-14-3-2-9(17)5-11(13)14/h2-7,20H,19H2,1H3. The summed E-state index contributed by atoms with van der Waals surface area (Å²) >= 11 is 0. The van der Waals surface area contributed by atoms with Gasteiger partial charge in [-0.2, -0.15) is 0 Å². The van der Waals surface area contributed by atoms with Crippen molar-refractivity contribution in [3.63, 3.8) is 0 Å². The molecule has 106 valence electrons. The number of aromatic amines is 1. The first kappa shape index (κ1) is 13.3. The highest BCUT2D eigenvalue weighted by Gasteiger charge is 2.19. The number of rotatable bonds is 2. The highest BCUT2D eigenvalue weighted by molar-refractivity contribution is 6.16. The summed E-state index contributed by atoms with van der Waals surface area (Å²) in [5.74, 6) is -1.60. The van der Waals surface area contributed by atoms with Crippen LogP contribution in [0.4, 0.5) is 14.5 Å². The van der Waals surface area contributed by atoms with Crippen LogP contribution in [0.2, 0.25) is 0 Å². The number of benzene rings is 2. The average molecular weight is 286 g/mol. The number of aromatic nitrogens is 1. The van der Waals surface area contributed by atoms with E-state index in [1.165, 1.54) is 43.5 Å². The molecule has 0 atom stereocenters. The predicted molar refractivity (Wildman–Crippen MR) is 77.2 cm³/mol. The van der Waals surface area contributed by atoms with Crippen LogP contribution < -0.4 is 5.73 Å². The van der Waals surface area contributed by atoms with E-state index >= 15 is 0 Å². The second kappa shape index (κ2) is 4.70. The Labute approximate surface area is 119 Å². The number of nitrogens with one attached hydrogen (secondary N) is 1. The van der Waals surface area contributed by atoms with Crippen molar-refractivity contribution >= 4 is 22.4 Å². The lowest BCUT2D eigenvalue weighted by Crippen LogP contribution is -2.06. The van der Waals surface area contributed by atoms with Gasteiger partial charge in [0.05, 0.1) is 5.56 Å². The van der Waals surface area contributed by atoms with Crippen LogP contribution in [-0.2, 0) is 0 Å². The summed E-state index contributed by atoms with van der Waals surface area (Å²) < 4.78 is 27.5. The number of H-pyrrole nitrogens is 1. The molecule has 3 rings (SSSR count). The molecule has 3 nitrogen and oxygen atoms in total. The SMILES string of the molecule is Cc1cc(N)cc(C(=O)c2c[nH]c3ccc(F)cc23)c1F. The van der Waals surface area contributed by atoms with Gasteiger partial charge in [0.15, 0.2) is 5.78 Å². The third-order valence-corrected chi connectivity index (χ3v) is 3.41. The number of hydrogen-bond acceptors (Lipinski definition) is 2. The van der Waals surface area contributed by atoms with E-state index in [1.54, 1.807) is 0 Å². The molecule has 2 aromatic carbocycles. The average Bonchev–Trinajstić information content (AvgIpc) is 2.85. The molecule has 1 aromatic heterocycles. The minimum absolute atomic E-state index is 0.113. The van der Waals surface area contributed by atoms with Crippen LogP contribution >= 0.6 is 0 Å². The first-order chi connectivity index (χ1) is 9.97. The maximum atomic E-state index is 14.1. The number of fused-ring (bicyclic) bond motifs is 1. The number of aryl methyl sites for hydroxylation is 1. The van der Waals surface area contributed by atoms with Crippen molar-refractivity contribution in [2.75, 3.05) is 5.73 Å². The summed E-state index contributed by atoms with van der Waals surface area (Å²) in [7, 11) is 0. The van der Waals surface area contributed by atoms with Crippen LogP contribution in [0.1, 0.15) is 21.5 Å². The Hall–Kier alpha value is -2.69. The van der Waals surface area contributed by atoms with Crippen LogP contribution in [-0.4, -0.2) is 10.8 Å². The van der Waals surface area contributed by atoms with Gasteiger partial charge < -0.3 is 10.7 Å². The van der Waals surface area contributed by atoms with Gasteiger partial charge in [-0.15, -0.1) is 0 Å². The lowest BCUT2D eigenvalue weighted by molar-refractivity contribution is 0.103. The first-order valence-electron chi connectivity index (χ1n) is 6.34. The molecule has 0 aliphatic carbocycles. The van der Waals surface area contributed by atoms with Gasteiger partial charge in [0, 0.05) is 28.4 Å². The summed E-state index contributed by atoms with van der Waals surface area (Å²) in [4.78, 5) is 15.4. The van der Waals surface area contributed by atoms with Crippen molar-refractivity contribution < 1.29 is 13.6 Å². The molecule has 0 amide bonds. The number of hydrogen-bond donors (Lipinski definition) is 2. The molecule has 0 bridgehead atoms. The Morgan fingerprint density at radius 3 is 2.67 bits per heavy atom. The molecule has 21 heavy (non-hydrogen) atoms. The molecule has 0 saturated carbocycles. The first-order valence-corrected chi connectivity index (χ1v) is 6.34. The van der Waals surface area contributed by atoms with E-state index in [4.69, 9.17) is 5.73 Å². The minimum atomic E-state index is -0.611. The summed E-state index contributed by atoms with van der Waals surface area (Å²) in [5, 5.41) is 0.416. The molecule has 0 unspecified atom stereocenters. The number of nitrogens with two attached hydrogens (primary N) is 1. The third-order valence-electron chi connectivity index (χ3n) is 3.41. The van der Waals surface area contributed by atoms with Crippen molar-refractivity contribution in [3.8, 4) is 0 Å². The Morgan fingerprint density at radius 1 is 1.14 bits per heavy atom. The largest absolute Gasteiger partial charge is 0.399 e. The molecular formula is C16H12F2N2O. The highest BCUT2D eigenvalue weighted by Crippen LogP contribution is 2.25.